The van der Waals surface area contributed by atoms with Gasteiger partial charge >= 0.3 is 0 Å². The Bertz CT molecular complexity index is 718. The van der Waals surface area contributed by atoms with Crippen LogP contribution in [-0.2, 0) is 12.8 Å². The molecular formula is C17H17N3O. The van der Waals surface area contributed by atoms with Crippen molar-refractivity contribution in [1.29, 1.82) is 0 Å². The number of rotatable bonds is 4. The van der Waals surface area contributed by atoms with Crippen LogP contribution in [0.3, 0.4) is 0 Å². The average molecular weight is 279 g/mol. The Kier molecular flexibility index (Phi) is 3.69. The van der Waals surface area contributed by atoms with E-state index in [-0.39, 0.29) is 0 Å². The summed E-state index contributed by atoms with van der Waals surface area (Å²) < 4.78 is 5.40. The van der Waals surface area contributed by atoms with Gasteiger partial charge in [-0.2, -0.15) is 0 Å². The van der Waals surface area contributed by atoms with Crippen molar-refractivity contribution >= 4 is 5.82 Å². The molecule has 0 amide bonds. The van der Waals surface area contributed by atoms with Gasteiger partial charge in [-0.15, -0.1) is 0 Å². The number of hydrogen-bond donors (Lipinski definition) is 1. The van der Waals surface area contributed by atoms with E-state index in [2.05, 4.69) is 41.3 Å². The maximum Gasteiger partial charge on any atom is 0.175 e. The van der Waals surface area contributed by atoms with E-state index in [9.17, 15) is 0 Å². The lowest BCUT2D eigenvalue weighted by Crippen LogP contribution is -1.94. The van der Waals surface area contributed by atoms with Gasteiger partial charge in [0.2, 0.25) is 0 Å². The van der Waals surface area contributed by atoms with Crippen LogP contribution in [-0.4, -0.2) is 10.1 Å². The van der Waals surface area contributed by atoms with Crippen molar-refractivity contribution in [2.24, 2.45) is 0 Å². The minimum Gasteiger partial charge on any atom is -0.380 e. The van der Waals surface area contributed by atoms with Crippen molar-refractivity contribution in [3.05, 3.63) is 65.7 Å². The highest BCUT2D eigenvalue weighted by atomic mass is 16.5. The number of aryl methyl sites for hydroxylation is 3. The van der Waals surface area contributed by atoms with E-state index in [1.54, 1.807) is 12.4 Å². The third kappa shape index (κ3) is 2.94. The molecule has 3 aromatic rings. The predicted molar refractivity (Wildman–Crippen MR) is 82.7 cm³/mol. The maximum atomic E-state index is 5.94. The van der Waals surface area contributed by atoms with Crippen LogP contribution in [0.15, 0.2) is 53.3 Å². The van der Waals surface area contributed by atoms with E-state index in [1.807, 2.05) is 12.1 Å². The van der Waals surface area contributed by atoms with Gasteiger partial charge in [-0.05, 0) is 36.6 Å². The van der Waals surface area contributed by atoms with Gasteiger partial charge in [-0.1, -0.05) is 35.0 Å². The fraction of sp³-hybridized carbons (Fsp3) is 0.176. The average Bonchev–Trinajstić information content (AvgIpc) is 2.88. The first kappa shape index (κ1) is 13.4. The van der Waals surface area contributed by atoms with Crippen molar-refractivity contribution in [2.75, 3.05) is 5.73 Å². The Balaban J connectivity index is 1.82. The summed E-state index contributed by atoms with van der Waals surface area (Å²) in [6.07, 6.45) is 5.15. The highest BCUT2D eigenvalue weighted by Crippen LogP contribution is 2.29. The quantitative estimate of drug-likeness (QED) is 0.794. The molecule has 2 heterocycles. The molecule has 4 heteroatoms. The van der Waals surface area contributed by atoms with E-state index in [1.165, 1.54) is 11.1 Å². The molecule has 0 atom stereocenters. The Morgan fingerprint density at radius 2 is 1.71 bits per heavy atom. The second kappa shape index (κ2) is 5.79. The van der Waals surface area contributed by atoms with Gasteiger partial charge in [0.15, 0.2) is 5.82 Å². The molecule has 4 nitrogen and oxygen atoms in total. The number of benzene rings is 1. The van der Waals surface area contributed by atoms with Gasteiger partial charge < -0.3 is 10.3 Å². The second-order valence-corrected chi connectivity index (χ2v) is 5.09. The summed E-state index contributed by atoms with van der Waals surface area (Å²) in [5, 5.41) is 3.90. The van der Waals surface area contributed by atoms with Crippen LogP contribution < -0.4 is 5.73 Å². The van der Waals surface area contributed by atoms with Crippen LogP contribution in [0.4, 0.5) is 5.82 Å². The van der Waals surface area contributed by atoms with Gasteiger partial charge in [0.05, 0.1) is 5.56 Å². The number of nitrogens with zero attached hydrogens (tertiary/aromatic N) is 2. The first-order chi connectivity index (χ1) is 10.2. The van der Waals surface area contributed by atoms with Crippen molar-refractivity contribution in [1.82, 2.24) is 10.1 Å². The summed E-state index contributed by atoms with van der Waals surface area (Å²) in [6, 6.07) is 12.3. The van der Waals surface area contributed by atoms with Crippen LogP contribution >= 0.6 is 0 Å². The molecule has 1 aromatic carbocycles. The molecule has 0 spiro atoms. The fourth-order valence-electron chi connectivity index (χ4n) is 2.35. The summed E-state index contributed by atoms with van der Waals surface area (Å²) in [5.74, 6) is 1.25. The van der Waals surface area contributed by atoms with E-state index in [4.69, 9.17) is 10.3 Å². The zero-order valence-electron chi connectivity index (χ0n) is 11.9. The third-order valence-corrected chi connectivity index (χ3v) is 3.52. The summed E-state index contributed by atoms with van der Waals surface area (Å²) in [4.78, 5) is 4.02. The van der Waals surface area contributed by atoms with Crippen LogP contribution in [0.2, 0.25) is 0 Å². The molecule has 0 saturated carbocycles. The van der Waals surface area contributed by atoms with Gasteiger partial charge in [0.1, 0.15) is 5.76 Å². The molecule has 2 aromatic heterocycles. The van der Waals surface area contributed by atoms with Gasteiger partial charge in [-0.25, -0.2) is 0 Å². The standard InChI is InChI=1S/C17H17N3O/c1-12-2-4-13(5-3-12)6-7-15-16(17(18)20-21-15)14-8-10-19-11-9-14/h2-5,8-11H,6-7H2,1H3,(H2,18,20). The molecule has 0 aliphatic heterocycles. The molecular weight excluding hydrogens is 262 g/mol. The van der Waals surface area contributed by atoms with E-state index >= 15 is 0 Å². The van der Waals surface area contributed by atoms with Crippen molar-refractivity contribution in [3.8, 4) is 11.1 Å². The number of pyridine rings is 1. The Morgan fingerprint density at radius 3 is 2.43 bits per heavy atom. The zero-order valence-corrected chi connectivity index (χ0v) is 11.9. The normalized spacial score (nSPS) is 10.7. The smallest absolute Gasteiger partial charge is 0.175 e. The van der Waals surface area contributed by atoms with Gasteiger partial charge in [0.25, 0.3) is 0 Å². The van der Waals surface area contributed by atoms with Crippen LogP contribution in [0.1, 0.15) is 16.9 Å². The van der Waals surface area contributed by atoms with Crippen LogP contribution in [0, 0.1) is 6.92 Å². The third-order valence-electron chi connectivity index (χ3n) is 3.52. The highest BCUT2D eigenvalue weighted by molar-refractivity contribution is 5.75. The van der Waals surface area contributed by atoms with Crippen LogP contribution in [0.25, 0.3) is 11.1 Å². The SMILES string of the molecule is Cc1ccc(CCc2onc(N)c2-c2ccncc2)cc1. The van der Waals surface area contributed by atoms with E-state index < -0.39 is 0 Å². The largest absolute Gasteiger partial charge is 0.380 e. The minimum atomic E-state index is 0.431. The molecule has 3 rings (SSSR count). The molecule has 0 unspecified atom stereocenters. The number of nitrogens with two attached hydrogens (primary N) is 1. The molecule has 0 bridgehead atoms. The van der Waals surface area contributed by atoms with E-state index in [0.717, 1.165) is 29.7 Å². The molecule has 106 valence electrons. The highest BCUT2D eigenvalue weighted by Gasteiger charge is 2.15. The molecule has 21 heavy (non-hydrogen) atoms. The summed E-state index contributed by atoms with van der Waals surface area (Å²) in [6.45, 7) is 2.09. The lowest BCUT2D eigenvalue weighted by atomic mass is 10.0. The van der Waals surface area contributed by atoms with Gasteiger partial charge in [0, 0.05) is 18.8 Å². The lowest BCUT2D eigenvalue weighted by Gasteiger charge is -2.03. The molecule has 0 radical (unpaired) electrons. The van der Waals surface area contributed by atoms with Crippen molar-refractivity contribution in [3.63, 3.8) is 0 Å². The Hall–Kier alpha value is -2.62. The zero-order chi connectivity index (χ0) is 14.7. The molecule has 0 aliphatic rings. The number of nitrogen functional groups attached to an aromatic ring is 1. The van der Waals surface area contributed by atoms with Gasteiger partial charge in [-0.3, -0.25) is 4.98 Å². The lowest BCUT2D eigenvalue weighted by molar-refractivity contribution is 0.386. The topological polar surface area (TPSA) is 64.9 Å². The Labute approximate surface area is 123 Å². The maximum absolute atomic E-state index is 5.94. The number of hydrogen-bond acceptors (Lipinski definition) is 4. The second-order valence-electron chi connectivity index (χ2n) is 5.09. The number of anilines is 1. The Morgan fingerprint density at radius 1 is 1.00 bits per heavy atom. The molecule has 0 fully saturated rings. The number of aromatic nitrogens is 2. The summed E-state index contributed by atoms with van der Waals surface area (Å²) in [5.41, 5.74) is 10.3. The van der Waals surface area contributed by atoms with Crippen molar-refractivity contribution < 1.29 is 4.52 Å². The monoisotopic (exact) mass is 279 g/mol. The molecule has 2 N–H and O–H groups in total. The molecule has 0 saturated heterocycles. The minimum absolute atomic E-state index is 0.431. The molecule has 0 aliphatic carbocycles. The van der Waals surface area contributed by atoms with E-state index in [0.29, 0.717) is 5.82 Å². The fourth-order valence-corrected chi connectivity index (χ4v) is 2.35. The van der Waals surface area contributed by atoms with Crippen LogP contribution in [0.5, 0.6) is 0 Å². The first-order valence-electron chi connectivity index (χ1n) is 6.94. The first-order valence-corrected chi connectivity index (χ1v) is 6.94. The summed E-state index contributed by atoms with van der Waals surface area (Å²) >= 11 is 0. The van der Waals surface area contributed by atoms with Crippen molar-refractivity contribution in [2.45, 2.75) is 19.8 Å². The predicted octanol–water partition coefficient (Wildman–Crippen LogP) is 3.41. The summed E-state index contributed by atoms with van der Waals surface area (Å²) in [7, 11) is 0.